The molecule has 2 aliphatic carbocycles. The molecule has 4 aliphatic rings. The van der Waals surface area contributed by atoms with Crippen LogP contribution in [0, 0.1) is 11.8 Å². The molecule has 2 fully saturated rings. The first-order chi connectivity index (χ1) is 22.8. The van der Waals surface area contributed by atoms with Crippen LogP contribution >= 0.6 is 15.8 Å². The van der Waals surface area contributed by atoms with Gasteiger partial charge < -0.3 is 9.47 Å². The van der Waals surface area contributed by atoms with Crippen LogP contribution in [0.4, 0.5) is 0 Å². The summed E-state index contributed by atoms with van der Waals surface area (Å²) in [5.41, 5.74) is 1.07. The molecule has 2 heterocycles. The van der Waals surface area contributed by atoms with Crippen LogP contribution in [0.5, 0.6) is 0 Å². The van der Waals surface area contributed by atoms with Gasteiger partial charge in [-0.15, -0.1) is 0 Å². The van der Waals surface area contributed by atoms with Gasteiger partial charge in [-0.2, -0.15) is 0 Å². The van der Waals surface area contributed by atoms with Crippen LogP contribution in [0.15, 0.2) is 131 Å². The van der Waals surface area contributed by atoms with Gasteiger partial charge in [-0.05, 0) is 74.1 Å². The van der Waals surface area contributed by atoms with Crippen molar-refractivity contribution in [2.24, 2.45) is 21.8 Å². The van der Waals surface area contributed by atoms with E-state index in [2.05, 4.69) is 121 Å². The van der Waals surface area contributed by atoms with E-state index in [4.69, 9.17) is 19.5 Å². The minimum Gasteiger partial charge on any atom is -0.478 e. The molecule has 6 unspecified atom stereocenters. The van der Waals surface area contributed by atoms with Gasteiger partial charge in [-0.3, -0.25) is 0 Å². The lowest BCUT2D eigenvalue weighted by molar-refractivity contribution is 0.251. The number of hydrogen-bond acceptors (Lipinski definition) is 4. The first-order valence-corrected chi connectivity index (χ1v) is 19.9. The molecule has 0 spiro atoms. The fourth-order valence-corrected chi connectivity index (χ4v) is 14.4. The highest BCUT2D eigenvalue weighted by molar-refractivity contribution is 7.74. The maximum atomic E-state index is 6.49. The average molecular weight is 645 g/mol. The Bertz CT molecular complexity index is 1450. The fourth-order valence-electron chi connectivity index (χ4n) is 8.11. The van der Waals surface area contributed by atoms with Crippen molar-refractivity contribution in [3.63, 3.8) is 0 Å². The van der Waals surface area contributed by atoms with Gasteiger partial charge in [0, 0.05) is 11.8 Å². The lowest BCUT2D eigenvalue weighted by atomic mass is 10.1. The molecule has 0 radical (unpaired) electrons. The van der Waals surface area contributed by atoms with Gasteiger partial charge in [0.25, 0.3) is 0 Å². The molecule has 0 saturated heterocycles. The van der Waals surface area contributed by atoms with Crippen molar-refractivity contribution in [1.29, 1.82) is 0 Å². The molecule has 2 saturated carbocycles. The van der Waals surface area contributed by atoms with Crippen molar-refractivity contribution in [2.45, 2.75) is 61.9 Å². The predicted molar refractivity (Wildman–Crippen MR) is 195 cm³/mol. The van der Waals surface area contributed by atoms with Gasteiger partial charge in [0.1, 0.15) is 25.3 Å². The van der Waals surface area contributed by atoms with Crippen molar-refractivity contribution in [3.8, 4) is 0 Å². The van der Waals surface area contributed by atoms with E-state index in [9.17, 15) is 0 Å². The SMILES string of the molecule is c1ccc(P(c2ccccc2)C2CCCC2C2=NC(C3COC(C4CCCC4P(c4ccccc4)c4ccccc4)=N3)CO2)cc1. The van der Waals surface area contributed by atoms with Crippen LogP contribution in [-0.4, -0.2) is 48.4 Å². The van der Waals surface area contributed by atoms with Gasteiger partial charge in [-0.1, -0.05) is 134 Å². The molecule has 2 aliphatic heterocycles. The predicted octanol–water partition coefficient (Wildman–Crippen LogP) is 7.18. The number of ether oxygens (including phenoxy) is 2. The number of benzene rings is 4. The standard InChI is InChI=1S/C40H42N2O2P2/c1-5-15-29(16-6-1)45(30-17-7-2-8-18-30)37-25-13-23-33(37)39-41-35(27-43-39)36-28-44-40(42-36)34-24-14-26-38(34)46(31-19-9-3-10-20-31)32-21-11-4-12-22-32/h1-12,15-22,33-38H,13-14,23-28H2. The minimum atomic E-state index is -0.507. The third-order valence-corrected chi connectivity index (χ3v) is 16.2. The van der Waals surface area contributed by atoms with E-state index >= 15 is 0 Å². The largest absolute Gasteiger partial charge is 0.478 e. The van der Waals surface area contributed by atoms with E-state index in [1.807, 2.05) is 0 Å². The van der Waals surface area contributed by atoms with Crippen LogP contribution < -0.4 is 21.2 Å². The molecular weight excluding hydrogens is 602 g/mol. The number of nitrogens with zero attached hydrogens (tertiary/aromatic N) is 2. The zero-order valence-corrected chi connectivity index (χ0v) is 28.1. The summed E-state index contributed by atoms with van der Waals surface area (Å²) in [7, 11) is -1.01. The van der Waals surface area contributed by atoms with Gasteiger partial charge in [0.05, 0.1) is 0 Å². The average Bonchev–Trinajstić information content (AvgIpc) is 3.94. The third-order valence-electron chi connectivity index (χ3n) is 10.2. The van der Waals surface area contributed by atoms with E-state index in [0.29, 0.717) is 36.4 Å². The Kier molecular flexibility index (Phi) is 9.02. The smallest absolute Gasteiger partial charge is 0.187 e. The number of rotatable bonds is 9. The summed E-state index contributed by atoms with van der Waals surface area (Å²) in [6, 6.07) is 44.6. The zero-order chi connectivity index (χ0) is 30.7. The van der Waals surface area contributed by atoms with Crippen molar-refractivity contribution in [3.05, 3.63) is 121 Å². The molecule has 234 valence electrons. The summed E-state index contributed by atoms with van der Waals surface area (Å²) >= 11 is 0. The van der Waals surface area contributed by atoms with E-state index in [1.54, 1.807) is 0 Å². The quantitative estimate of drug-likeness (QED) is 0.181. The molecule has 0 amide bonds. The summed E-state index contributed by atoms with van der Waals surface area (Å²) in [5, 5.41) is 5.80. The van der Waals surface area contributed by atoms with Gasteiger partial charge >= 0.3 is 0 Å². The Morgan fingerprint density at radius 2 is 0.761 bits per heavy atom. The second-order valence-corrected chi connectivity index (χ2v) is 17.9. The molecule has 0 N–H and O–H groups in total. The first kappa shape index (κ1) is 30.0. The van der Waals surface area contributed by atoms with Gasteiger partial charge in [-0.25, -0.2) is 9.98 Å². The molecule has 6 atom stereocenters. The zero-order valence-electron chi connectivity index (χ0n) is 26.3. The van der Waals surface area contributed by atoms with E-state index in [1.165, 1.54) is 46.9 Å². The third kappa shape index (κ3) is 6.08. The van der Waals surface area contributed by atoms with Crippen LogP contribution in [0.25, 0.3) is 0 Å². The van der Waals surface area contributed by atoms with Crippen LogP contribution in [0.2, 0.25) is 0 Å². The van der Waals surface area contributed by atoms with Crippen LogP contribution in [0.3, 0.4) is 0 Å². The van der Waals surface area contributed by atoms with Gasteiger partial charge in [0.2, 0.25) is 0 Å². The Balaban J connectivity index is 1.02. The topological polar surface area (TPSA) is 43.2 Å². The molecule has 46 heavy (non-hydrogen) atoms. The molecular formula is C40H42N2O2P2. The molecule has 4 aromatic rings. The molecule has 4 aromatic carbocycles. The fraction of sp³-hybridized carbons (Fsp3) is 0.350. The second kappa shape index (κ2) is 13.8. The van der Waals surface area contributed by atoms with E-state index in [0.717, 1.165) is 24.6 Å². The summed E-state index contributed by atoms with van der Waals surface area (Å²) in [6.07, 6.45) is 7.19. The lowest BCUT2D eigenvalue weighted by Crippen LogP contribution is -2.29. The molecule has 8 rings (SSSR count). The Morgan fingerprint density at radius 3 is 1.09 bits per heavy atom. The first-order valence-electron chi connectivity index (χ1n) is 17.0. The monoisotopic (exact) mass is 644 g/mol. The molecule has 0 aromatic heterocycles. The number of hydrogen-bond donors (Lipinski definition) is 0. The van der Waals surface area contributed by atoms with E-state index < -0.39 is 15.8 Å². The summed E-state index contributed by atoms with van der Waals surface area (Å²) in [4.78, 5) is 10.6. The normalized spacial score (nSPS) is 27.4. The maximum absolute atomic E-state index is 6.49. The summed E-state index contributed by atoms with van der Waals surface area (Å²) in [5.74, 6) is 2.68. The van der Waals surface area contributed by atoms with Crippen molar-refractivity contribution in [2.75, 3.05) is 13.2 Å². The Morgan fingerprint density at radius 1 is 0.435 bits per heavy atom. The Labute approximate surface area is 275 Å². The van der Waals surface area contributed by atoms with Crippen molar-refractivity contribution in [1.82, 2.24) is 0 Å². The van der Waals surface area contributed by atoms with Crippen LogP contribution in [0.1, 0.15) is 38.5 Å². The van der Waals surface area contributed by atoms with Crippen molar-refractivity contribution < 1.29 is 9.47 Å². The highest BCUT2D eigenvalue weighted by atomic mass is 31.1. The summed E-state index contributed by atoms with van der Waals surface area (Å²) in [6.45, 7) is 1.24. The number of aliphatic imine (C=N–C) groups is 2. The molecule has 6 heteroatoms. The Hall–Kier alpha value is -3.32. The lowest BCUT2D eigenvalue weighted by Gasteiger charge is -2.29. The highest BCUT2D eigenvalue weighted by Crippen LogP contribution is 2.52. The van der Waals surface area contributed by atoms with Gasteiger partial charge in [0.15, 0.2) is 11.8 Å². The molecule has 4 nitrogen and oxygen atoms in total. The van der Waals surface area contributed by atoms with E-state index in [-0.39, 0.29) is 12.1 Å². The second-order valence-electron chi connectivity index (χ2n) is 13.0. The minimum absolute atomic E-state index is 0.0399. The van der Waals surface area contributed by atoms with Crippen molar-refractivity contribution >= 4 is 48.9 Å². The maximum Gasteiger partial charge on any atom is 0.187 e. The van der Waals surface area contributed by atoms with Crippen LogP contribution in [-0.2, 0) is 9.47 Å². The summed E-state index contributed by atoms with van der Waals surface area (Å²) < 4.78 is 13.0. The molecule has 0 bridgehead atoms. The highest BCUT2D eigenvalue weighted by Gasteiger charge is 2.45.